The first-order valence-corrected chi connectivity index (χ1v) is 25.2. The monoisotopic (exact) mass is 1050 g/mol. The van der Waals surface area contributed by atoms with Crippen molar-refractivity contribution < 1.29 is 38.4 Å². The van der Waals surface area contributed by atoms with E-state index in [1.165, 1.54) is 15.9 Å². The van der Waals surface area contributed by atoms with Gasteiger partial charge in [0.05, 0.1) is 24.2 Å². The highest BCUT2D eigenvalue weighted by atomic mass is 35.5. The number of nitrogens with one attached hydrogen (secondary N) is 9. The van der Waals surface area contributed by atoms with Crippen molar-refractivity contribution in [3.8, 4) is 0 Å². The maximum absolute atomic E-state index is 14.5. The van der Waals surface area contributed by atoms with E-state index in [1.54, 1.807) is 132 Å². The molecule has 10 atom stereocenters. The average Bonchev–Trinajstić information content (AvgIpc) is 4.11. The van der Waals surface area contributed by atoms with Crippen molar-refractivity contribution in [1.29, 1.82) is 0 Å². The van der Waals surface area contributed by atoms with E-state index < -0.39 is 119 Å². The van der Waals surface area contributed by atoms with E-state index in [4.69, 9.17) is 23.2 Å². The lowest BCUT2D eigenvalue weighted by Gasteiger charge is -2.36. The molecule has 2 aliphatic rings. The number of aromatic nitrogens is 2. The number of likely N-dealkylation sites (tertiary alicyclic amines) is 2. The van der Waals surface area contributed by atoms with Gasteiger partial charge in [0.25, 0.3) is 11.8 Å². The second-order valence-corrected chi connectivity index (χ2v) is 22.1. The molecule has 0 radical (unpaired) electrons. The van der Waals surface area contributed by atoms with Gasteiger partial charge < -0.3 is 52.3 Å². The van der Waals surface area contributed by atoms with Gasteiger partial charge in [0.15, 0.2) is 5.69 Å². The molecular formula is C51H72Cl2N12O8. The smallest absolute Gasteiger partial charge is 0.272 e. The minimum absolute atomic E-state index is 0.0184. The Balaban J connectivity index is 1.34. The topological polar surface area (TPSA) is 268 Å². The van der Waals surface area contributed by atoms with Crippen LogP contribution in [0.1, 0.15) is 126 Å². The highest BCUT2D eigenvalue weighted by molar-refractivity contribution is 6.30. The Morgan fingerprint density at radius 3 is 1.32 bits per heavy atom. The molecule has 5 rings (SSSR count). The van der Waals surface area contributed by atoms with E-state index in [0.29, 0.717) is 10.0 Å². The van der Waals surface area contributed by atoms with Gasteiger partial charge in [0.1, 0.15) is 29.9 Å². The van der Waals surface area contributed by atoms with Crippen LogP contribution in [0, 0.1) is 10.8 Å². The zero-order valence-corrected chi connectivity index (χ0v) is 45.2. The first kappa shape index (κ1) is 57.8. The molecule has 22 heteroatoms. The Labute approximate surface area is 437 Å². The predicted molar refractivity (Wildman–Crippen MR) is 277 cm³/mol. The minimum atomic E-state index is -1.05. The van der Waals surface area contributed by atoms with E-state index in [2.05, 4.69) is 52.7 Å². The largest absolute Gasteiger partial charge is 0.348 e. The summed E-state index contributed by atoms with van der Waals surface area (Å²) < 4.78 is 0. The standard InChI is InChI=1S/C51H72Cl2N12O8/c1-26(30-13-17-32(52)18-14-30)56-46(70)38-21-34(24-64(38)48(72)40(50(5,6)7)60-42(66)28(3)54-11)58-44(68)36-23-37(63-62-36)45(69)59-35-22-39(47(71)57-27(2)31-15-19-33(53)20-16-31)65(25-35)49(73)41(51(8,9)10)61-43(67)29(4)55-12/h13-20,23,26-29,34-35,38-41,54-55H,21-22,24-25H2,1-12H3,(H,56,70)(H,57,71)(H,58,68)(H,59,69)(H,60,66)(H,61,67)(H,62,63)/t26-,27-,28+,29+,34+,35+,38+,39+,40-,41-/m1/s1. The van der Waals surface area contributed by atoms with Crippen LogP contribution in [0.2, 0.25) is 10.0 Å². The van der Waals surface area contributed by atoms with Gasteiger partial charge >= 0.3 is 0 Å². The molecule has 20 nitrogen and oxygen atoms in total. The van der Waals surface area contributed by atoms with Crippen molar-refractivity contribution in [3.05, 3.63) is 87.2 Å². The Hall–Kier alpha value is -6.09. The fourth-order valence-electron chi connectivity index (χ4n) is 8.66. The molecule has 398 valence electrons. The molecule has 3 aromatic rings. The van der Waals surface area contributed by atoms with E-state index in [0.717, 1.165) is 11.1 Å². The second kappa shape index (κ2) is 24.3. The predicted octanol–water partition coefficient (Wildman–Crippen LogP) is 3.15. The van der Waals surface area contributed by atoms with Crippen LogP contribution in [0.5, 0.6) is 0 Å². The second-order valence-electron chi connectivity index (χ2n) is 21.2. The van der Waals surface area contributed by atoms with Gasteiger partial charge in [-0.25, -0.2) is 0 Å². The SMILES string of the molecule is CN[C@@H](C)C(=O)N[C@H](C(=O)N1C[C@@H](NC(=O)c2cc(C(=O)N[C@H]3C[C@@H](C(=O)N[C@H](C)c4ccc(Cl)cc4)N(C(=O)[C@@H](NC(=O)[C@H](C)NC)C(C)(C)C)C3)[nH]n2)C[C@H]1C(=O)N[C@H](C)c1ccc(Cl)cc1)C(C)(C)C. The molecule has 2 fully saturated rings. The van der Waals surface area contributed by atoms with Gasteiger partial charge in [0, 0.05) is 41.3 Å². The third kappa shape index (κ3) is 14.8. The van der Waals surface area contributed by atoms with Crippen molar-refractivity contribution in [3.63, 3.8) is 0 Å². The van der Waals surface area contributed by atoms with E-state index in [9.17, 15) is 38.4 Å². The fourth-order valence-corrected chi connectivity index (χ4v) is 8.91. The molecule has 3 heterocycles. The summed E-state index contributed by atoms with van der Waals surface area (Å²) in [5.74, 6) is -4.15. The molecule has 0 aliphatic carbocycles. The summed E-state index contributed by atoms with van der Waals surface area (Å²) in [7, 11) is 3.25. The highest BCUT2D eigenvalue weighted by Crippen LogP contribution is 2.30. The van der Waals surface area contributed by atoms with Crippen LogP contribution in [0.15, 0.2) is 54.6 Å². The number of carbonyl (C=O) groups excluding carboxylic acids is 8. The summed E-state index contributed by atoms with van der Waals surface area (Å²) in [6.07, 6.45) is 0.0405. The van der Waals surface area contributed by atoms with Crippen LogP contribution in [0.4, 0.5) is 0 Å². The van der Waals surface area contributed by atoms with Crippen molar-refractivity contribution in [2.24, 2.45) is 10.8 Å². The number of likely N-dealkylation sites (N-methyl/N-ethyl adjacent to an activating group) is 2. The fraction of sp³-hybridized carbons (Fsp3) is 0.549. The van der Waals surface area contributed by atoms with Crippen LogP contribution in [0.3, 0.4) is 0 Å². The molecule has 9 N–H and O–H groups in total. The Morgan fingerprint density at radius 1 is 0.589 bits per heavy atom. The normalized spacial score (nSPS) is 20.4. The third-order valence-electron chi connectivity index (χ3n) is 13.4. The first-order valence-electron chi connectivity index (χ1n) is 24.5. The summed E-state index contributed by atoms with van der Waals surface area (Å²) >= 11 is 12.2. The lowest BCUT2D eigenvalue weighted by molar-refractivity contribution is -0.144. The van der Waals surface area contributed by atoms with Crippen molar-refractivity contribution in [2.75, 3.05) is 27.2 Å². The van der Waals surface area contributed by atoms with E-state index in [1.807, 2.05) is 0 Å². The number of benzene rings is 2. The van der Waals surface area contributed by atoms with Crippen LogP contribution in [0.25, 0.3) is 0 Å². The maximum Gasteiger partial charge on any atom is 0.272 e. The van der Waals surface area contributed by atoms with Gasteiger partial charge in [-0.15, -0.1) is 0 Å². The minimum Gasteiger partial charge on any atom is -0.348 e. The number of carbonyl (C=O) groups is 8. The first-order chi connectivity index (χ1) is 34.1. The number of H-pyrrole nitrogens is 1. The van der Waals surface area contributed by atoms with Gasteiger partial charge in [-0.1, -0.05) is 89.0 Å². The summed E-state index contributed by atoms with van der Waals surface area (Å²) in [6, 6.07) is 7.35. The number of rotatable bonds is 18. The van der Waals surface area contributed by atoms with E-state index in [-0.39, 0.29) is 37.3 Å². The van der Waals surface area contributed by atoms with Crippen LogP contribution in [-0.4, -0.2) is 143 Å². The Kier molecular flexibility index (Phi) is 19.2. The van der Waals surface area contributed by atoms with Gasteiger partial charge in [-0.05, 0) is 101 Å². The molecule has 2 aromatic carbocycles. The molecule has 0 unspecified atom stereocenters. The van der Waals surface area contributed by atoms with Crippen molar-refractivity contribution in [2.45, 2.75) is 142 Å². The molecule has 2 aliphatic heterocycles. The summed E-state index contributed by atoms with van der Waals surface area (Å²) in [5, 5.41) is 31.0. The van der Waals surface area contributed by atoms with Crippen LogP contribution in [-0.2, 0) is 28.8 Å². The number of hydrogen-bond acceptors (Lipinski definition) is 11. The van der Waals surface area contributed by atoms with Crippen molar-refractivity contribution in [1.82, 2.24) is 62.5 Å². The molecule has 2 saturated heterocycles. The maximum atomic E-state index is 14.5. The number of halogens is 2. The molecule has 0 saturated carbocycles. The molecular weight excluding hydrogens is 980 g/mol. The zero-order chi connectivity index (χ0) is 54.3. The molecule has 8 amide bonds. The number of aromatic amines is 1. The van der Waals surface area contributed by atoms with E-state index >= 15 is 0 Å². The van der Waals surface area contributed by atoms with Gasteiger partial charge in [0.2, 0.25) is 35.4 Å². The lowest BCUT2D eigenvalue weighted by Crippen LogP contribution is -2.59. The molecule has 0 spiro atoms. The summed E-state index contributed by atoms with van der Waals surface area (Å²) in [6.45, 7) is 17.6. The van der Waals surface area contributed by atoms with Gasteiger partial charge in [-0.3, -0.25) is 43.5 Å². The number of amides is 8. The molecule has 1 aromatic heterocycles. The van der Waals surface area contributed by atoms with Gasteiger partial charge in [-0.2, -0.15) is 5.10 Å². The molecule has 0 bridgehead atoms. The zero-order valence-electron chi connectivity index (χ0n) is 43.7. The van der Waals surface area contributed by atoms with Crippen LogP contribution >= 0.6 is 23.2 Å². The lowest BCUT2D eigenvalue weighted by atomic mass is 9.85. The van der Waals surface area contributed by atoms with Crippen molar-refractivity contribution >= 4 is 70.5 Å². The Morgan fingerprint density at radius 2 is 0.959 bits per heavy atom. The average molecular weight is 1050 g/mol. The third-order valence-corrected chi connectivity index (χ3v) is 13.9. The molecule has 73 heavy (non-hydrogen) atoms. The van der Waals surface area contributed by atoms with Crippen LogP contribution < -0.4 is 42.5 Å². The summed E-state index contributed by atoms with van der Waals surface area (Å²) in [4.78, 5) is 114. The number of nitrogens with zero attached hydrogens (tertiary/aromatic N) is 3. The summed E-state index contributed by atoms with van der Waals surface area (Å²) in [5.41, 5.74) is -0.263. The Bertz CT molecular complexity index is 2320. The number of hydrogen-bond donors (Lipinski definition) is 9. The quantitative estimate of drug-likeness (QED) is 0.0894. The highest BCUT2D eigenvalue weighted by Gasteiger charge is 2.48.